The fraction of sp³-hybridized carbons (Fsp3) is 0.933. The van der Waals surface area contributed by atoms with Gasteiger partial charge in [0.05, 0.1) is 33.0 Å². The number of nitrogens with one attached hydrogen (secondary N) is 2. The van der Waals surface area contributed by atoms with Gasteiger partial charge in [-0.25, -0.2) is 0 Å². The van der Waals surface area contributed by atoms with Crippen molar-refractivity contribution in [3.05, 3.63) is 0 Å². The summed E-state index contributed by atoms with van der Waals surface area (Å²) in [7, 11) is 0. The third kappa shape index (κ3) is 5.13. The van der Waals surface area contributed by atoms with E-state index >= 15 is 0 Å². The first-order chi connectivity index (χ1) is 10.1. The van der Waals surface area contributed by atoms with Gasteiger partial charge in [0.1, 0.15) is 0 Å². The smallest absolute Gasteiger partial charge is 0.191 e. The second kappa shape index (κ2) is 7.96. The molecule has 2 fully saturated rings. The number of rotatable bonds is 6. The first kappa shape index (κ1) is 16.5. The van der Waals surface area contributed by atoms with Gasteiger partial charge < -0.3 is 20.1 Å². The third-order valence-electron chi connectivity index (χ3n) is 4.10. The van der Waals surface area contributed by atoms with E-state index in [0.717, 1.165) is 65.1 Å². The lowest BCUT2D eigenvalue weighted by atomic mass is 9.89. The predicted octanol–water partition coefficient (Wildman–Crippen LogP) is 0.299. The Kier molecular flexibility index (Phi) is 6.26. The molecule has 0 aliphatic carbocycles. The van der Waals surface area contributed by atoms with Crippen LogP contribution < -0.4 is 10.6 Å². The highest BCUT2D eigenvalue weighted by molar-refractivity contribution is 5.79. The Labute approximate surface area is 128 Å². The second-order valence-corrected chi connectivity index (χ2v) is 6.38. The van der Waals surface area contributed by atoms with Gasteiger partial charge in [0.25, 0.3) is 0 Å². The van der Waals surface area contributed by atoms with Gasteiger partial charge in [0.2, 0.25) is 0 Å². The van der Waals surface area contributed by atoms with Crippen LogP contribution in [0.5, 0.6) is 0 Å². The fourth-order valence-corrected chi connectivity index (χ4v) is 2.55. The van der Waals surface area contributed by atoms with Crippen LogP contribution in [0, 0.1) is 5.41 Å². The Balaban J connectivity index is 1.77. The number of hydrogen-bond donors (Lipinski definition) is 2. The highest BCUT2D eigenvalue weighted by atomic mass is 16.5. The van der Waals surface area contributed by atoms with Gasteiger partial charge in [-0.3, -0.25) is 9.89 Å². The summed E-state index contributed by atoms with van der Waals surface area (Å²) in [6, 6.07) is 0.486. The van der Waals surface area contributed by atoms with Crippen molar-refractivity contribution in [2.75, 3.05) is 59.2 Å². The molecule has 1 unspecified atom stereocenters. The maximum absolute atomic E-state index is 5.40. The van der Waals surface area contributed by atoms with Gasteiger partial charge >= 0.3 is 0 Å². The Hall–Kier alpha value is -0.850. The summed E-state index contributed by atoms with van der Waals surface area (Å²) in [5.74, 6) is 0.908. The van der Waals surface area contributed by atoms with Crippen LogP contribution in [0.2, 0.25) is 0 Å². The number of morpholine rings is 1. The number of ether oxygens (including phenoxy) is 2. The Morgan fingerprint density at radius 2 is 1.95 bits per heavy atom. The van der Waals surface area contributed by atoms with Gasteiger partial charge in [-0.2, -0.15) is 0 Å². The number of hydrogen-bond acceptors (Lipinski definition) is 4. The Bertz CT molecular complexity index is 339. The standard InChI is InChI=1S/C15H30N4O2/c1-4-16-14(18-10-15(3)11-21-12-15)17-9-13(2)19-5-7-20-8-6-19/h13H,4-12H2,1-3H3,(H2,16,17,18). The molecule has 122 valence electrons. The van der Waals surface area contributed by atoms with Crippen LogP contribution in [-0.2, 0) is 9.47 Å². The maximum atomic E-state index is 5.40. The monoisotopic (exact) mass is 298 g/mol. The zero-order valence-corrected chi connectivity index (χ0v) is 13.7. The summed E-state index contributed by atoms with van der Waals surface area (Å²) in [5, 5.41) is 6.77. The molecule has 0 amide bonds. The van der Waals surface area contributed by atoms with Gasteiger partial charge in [0, 0.05) is 37.6 Å². The third-order valence-corrected chi connectivity index (χ3v) is 4.10. The quantitative estimate of drug-likeness (QED) is 0.545. The molecule has 0 radical (unpaired) electrons. The highest BCUT2D eigenvalue weighted by Gasteiger charge is 2.33. The van der Waals surface area contributed by atoms with Crippen molar-refractivity contribution in [3.63, 3.8) is 0 Å². The number of aliphatic imine (C=N–C) groups is 1. The van der Waals surface area contributed by atoms with Crippen LogP contribution in [0.3, 0.4) is 0 Å². The van der Waals surface area contributed by atoms with Crippen LogP contribution in [0.1, 0.15) is 20.8 Å². The van der Waals surface area contributed by atoms with Crippen LogP contribution in [0.25, 0.3) is 0 Å². The lowest BCUT2D eigenvalue weighted by Gasteiger charge is -2.36. The van der Waals surface area contributed by atoms with Gasteiger partial charge in [0.15, 0.2) is 5.96 Å². The van der Waals surface area contributed by atoms with Crippen LogP contribution in [0.15, 0.2) is 4.99 Å². The minimum absolute atomic E-state index is 0.220. The lowest BCUT2D eigenvalue weighted by Crippen LogP contribution is -2.50. The summed E-state index contributed by atoms with van der Waals surface area (Å²) < 4.78 is 10.7. The molecule has 0 aromatic carbocycles. The minimum Gasteiger partial charge on any atom is -0.380 e. The molecule has 21 heavy (non-hydrogen) atoms. The molecule has 2 heterocycles. The van der Waals surface area contributed by atoms with E-state index in [1.807, 2.05) is 0 Å². The average molecular weight is 298 g/mol. The van der Waals surface area contributed by atoms with Crippen molar-refractivity contribution in [2.45, 2.75) is 26.8 Å². The Morgan fingerprint density at radius 3 is 2.52 bits per heavy atom. The molecule has 1 atom stereocenters. The largest absolute Gasteiger partial charge is 0.380 e. The zero-order chi connectivity index (χ0) is 15.1. The van der Waals surface area contributed by atoms with Crippen molar-refractivity contribution >= 4 is 5.96 Å². The van der Waals surface area contributed by atoms with E-state index in [2.05, 4.69) is 36.3 Å². The van der Waals surface area contributed by atoms with Crippen molar-refractivity contribution in [2.24, 2.45) is 10.4 Å². The molecule has 0 bridgehead atoms. The molecule has 0 aromatic heterocycles. The summed E-state index contributed by atoms with van der Waals surface area (Å²) in [5.41, 5.74) is 0.220. The first-order valence-corrected chi connectivity index (χ1v) is 8.05. The molecular weight excluding hydrogens is 268 g/mol. The maximum Gasteiger partial charge on any atom is 0.191 e. The van der Waals surface area contributed by atoms with E-state index in [1.54, 1.807) is 0 Å². The summed E-state index contributed by atoms with van der Waals surface area (Å²) in [6.07, 6.45) is 0. The van der Waals surface area contributed by atoms with Crippen LogP contribution in [0.4, 0.5) is 0 Å². The molecular formula is C15H30N4O2. The highest BCUT2D eigenvalue weighted by Crippen LogP contribution is 2.26. The summed E-state index contributed by atoms with van der Waals surface area (Å²) in [4.78, 5) is 7.16. The topological polar surface area (TPSA) is 58.1 Å². The van der Waals surface area contributed by atoms with E-state index in [4.69, 9.17) is 14.5 Å². The molecule has 2 aliphatic heterocycles. The van der Waals surface area contributed by atoms with Crippen molar-refractivity contribution in [3.8, 4) is 0 Å². The van der Waals surface area contributed by atoms with Gasteiger partial charge in [-0.15, -0.1) is 0 Å². The Morgan fingerprint density at radius 1 is 1.24 bits per heavy atom. The second-order valence-electron chi connectivity index (χ2n) is 6.38. The van der Waals surface area contributed by atoms with E-state index in [9.17, 15) is 0 Å². The first-order valence-electron chi connectivity index (χ1n) is 8.05. The number of guanidine groups is 1. The van der Waals surface area contributed by atoms with E-state index in [-0.39, 0.29) is 5.41 Å². The van der Waals surface area contributed by atoms with Crippen molar-refractivity contribution in [1.82, 2.24) is 15.5 Å². The lowest BCUT2D eigenvalue weighted by molar-refractivity contribution is -0.0945. The molecule has 2 N–H and O–H groups in total. The predicted molar refractivity (Wildman–Crippen MR) is 84.8 cm³/mol. The van der Waals surface area contributed by atoms with E-state index in [1.165, 1.54) is 0 Å². The van der Waals surface area contributed by atoms with Crippen LogP contribution >= 0.6 is 0 Å². The molecule has 0 saturated carbocycles. The van der Waals surface area contributed by atoms with Crippen molar-refractivity contribution in [1.29, 1.82) is 0 Å². The van der Waals surface area contributed by atoms with E-state index < -0.39 is 0 Å². The molecule has 2 rings (SSSR count). The molecule has 2 saturated heterocycles. The molecule has 0 aromatic rings. The van der Waals surface area contributed by atoms with E-state index in [0.29, 0.717) is 6.04 Å². The molecule has 2 aliphatic rings. The summed E-state index contributed by atoms with van der Waals surface area (Å²) >= 11 is 0. The SMILES string of the molecule is CCNC(=NCC1(C)COC1)NCC(C)N1CCOCC1. The van der Waals surface area contributed by atoms with Crippen LogP contribution in [-0.4, -0.2) is 76.1 Å². The molecule has 6 nitrogen and oxygen atoms in total. The number of nitrogens with zero attached hydrogens (tertiary/aromatic N) is 2. The summed E-state index contributed by atoms with van der Waals surface area (Å²) in [6.45, 7) is 14.5. The average Bonchev–Trinajstić information content (AvgIpc) is 2.48. The van der Waals surface area contributed by atoms with Crippen molar-refractivity contribution < 1.29 is 9.47 Å². The minimum atomic E-state index is 0.220. The van der Waals surface area contributed by atoms with Gasteiger partial charge in [-0.1, -0.05) is 6.92 Å². The molecule has 0 spiro atoms. The normalized spacial score (nSPS) is 24.2. The fourth-order valence-electron chi connectivity index (χ4n) is 2.55. The zero-order valence-electron chi connectivity index (χ0n) is 13.7. The van der Waals surface area contributed by atoms with Gasteiger partial charge in [-0.05, 0) is 13.8 Å². The molecule has 6 heteroatoms.